The van der Waals surface area contributed by atoms with Crippen molar-refractivity contribution in [2.45, 2.75) is 19.9 Å². The molecule has 0 radical (unpaired) electrons. The van der Waals surface area contributed by atoms with Crippen LogP contribution >= 0.6 is 0 Å². The number of hydrogen-bond acceptors (Lipinski definition) is 2. The molecular weight excluding hydrogens is 322 g/mol. The van der Waals surface area contributed by atoms with Gasteiger partial charge in [0.25, 0.3) is 5.91 Å². The first kappa shape index (κ1) is 17.5. The topological polar surface area (TPSA) is 46.9 Å². The van der Waals surface area contributed by atoms with Crippen LogP contribution in [0.2, 0.25) is 0 Å². The summed E-state index contributed by atoms with van der Waals surface area (Å²) < 4.78 is 2.00. The summed E-state index contributed by atoms with van der Waals surface area (Å²) in [4.78, 5) is 16.4. The standard InChI is InChI=1S/C22H21N3O/c1-18-8-10-21(16-20(18)11-9-19-6-3-2-4-7-19)22(26)24-12-5-14-25-15-13-23-17-25/h2-4,6-8,10,13,15-17H,5,12,14H2,1H3,(H,24,26). The van der Waals surface area contributed by atoms with E-state index in [0.29, 0.717) is 12.1 Å². The molecule has 26 heavy (non-hydrogen) atoms. The highest BCUT2D eigenvalue weighted by molar-refractivity contribution is 5.94. The zero-order valence-electron chi connectivity index (χ0n) is 14.8. The Balaban J connectivity index is 1.61. The molecule has 0 fully saturated rings. The quantitative estimate of drug-likeness (QED) is 0.570. The van der Waals surface area contributed by atoms with Gasteiger partial charge in [-0.15, -0.1) is 0 Å². The Bertz CT molecular complexity index is 919. The van der Waals surface area contributed by atoms with E-state index in [1.54, 1.807) is 12.5 Å². The molecule has 1 amide bonds. The number of rotatable bonds is 5. The molecule has 0 spiro atoms. The number of carbonyl (C=O) groups is 1. The maximum atomic E-state index is 12.4. The smallest absolute Gasteiger partial charge is 0.251 e. The molecular formula is C22H21N3O. The monoisotopic (exact) mass is 343 g/mol. The van der Waals surface area contributed by atoms with Crippen molar-refractivity contribution in [2.24, 2.45) is 0 Å². The first-order valence-corrected chi connectivity index (χ1v) is 8.64. The van der Waals surface area contributed by atoms with Crippen LogP contribution < -0.4 is 5.32 Å². The molecule has 0 atom stereocenters. The van der Waals surface area contributed by atoms with Gasteiger partial charge in [-0.25, -0.2) is 4.98 Å². The van der Waals surface area contributed by atoms with Crippen molar-refractivity contribution in [3.8, 4) is 11.8 Å². The third kappa shape index (κ3) is 4.84. The molecule has 1 N–H and O–H groups in total. The molecule has 4 heteroatoms. The van der Waals surface area contributed by atoms with Gasteiger partial charge in [0.2, 0.25) is 0 Å². The fourth-order valence-electron chi connectivity index (χ4n) is 2.54. The zero-order valence-corrected chi connectivity index (χ0v) is 14.8. The lowest BCUT2D eigenvalue weighted by Crippen LogP contribution is -2.25. The number of hydrogen-bond donors (Lipinski definition) is 1. The molecule has 2 aromatic carbocycles. The molecule has 0 saturated heterocycles. The summed E-state index contributed by atoms with van der Waals surface area (Å²) in [6, 6.07) is 15.5. The van der Waals surface area contributed by atoms with Crippen molar-refractivity contribution in [3.63, 3.8) is 0 Å². The maximum absolute atomic E-state index is 12.4. The Hall–Kier alpha value is -3.32. The van der Waals surface area contributed by atoms with Crippen molar-refractivity contribution < 1.29 is 4.79 Å². The molecule has 0 aliphatic heterocycles. The molecule has 0 aliphatic carbocycles. The predicted octanol–water partition coefficient (Wildman–Crippen LogP) is 3.41. The molecule has 1 heterocycles. The fourth-order valence-corrected chi connectivity index (χ4v) is 2.54. The Morgan fingerprint density at radius 1 is 1.15 bits per heavy atom. The number of aromatic nitrogens is 2. The highest BCUT2D eigenvalue weighted by Gasteiger charge is 2.06. The molecule has 3 rings (SSSR count). The Morgan fingerprint density at radius 3 is 2.77 bits per heavy atom. The average Bonchev–Trinajstić information content (AvgIpc) is 3.19. The first-order valence-electron chi connectivity index (χ1n) is 8.64. The summed E-state index contributed by atoms with van der Waals surface area (Å²) in [5.74, 6) is 6.24. The molecule has 3 aromatic rings. The number of amides is 1. The molecule has 0 unspecified atom stereocenters. The van der Waals surface area contributed by atoms with Crippen LogP contribution in [-0.4, -0.2) is 22.0 Å². The van der Waals surface area contributed by atoms with E-state index in [0.717, 1.165) is 29.7 Å². The second-order valence-electron chi connectivity index (χ2n) is 6.06. The van der Waals surface area contributed by atoms with Crippen LogP contribution in [0, 0.1) is 18.8 Å². The summed E-state index contributed by atoms with van der Waals surface area (Å²) >= 11 is 0. The number of aryl methyl sites for hydroxylation is 2. The van der Waals surface area contributed by atoms with Crippen LogP contribution in [0.4, 0.5) is 0 Å². The third-order valence-electron chi connectivity index (χ3n) is 4.05. The van der Waals surface area contributed by atoms with Crippen molar-refractivity contribution in [1.82, 2.24) is 14.9 Å². The Labute approximate surface area is 153 Å². The number of imidazole rings is 1. The van der Waals surface area contributed by atoms with Gasteiger partial charge in [0.05, 0.1) is 6.33 Å². The zero-order chi connectivity index (χ0) is 18.2. The van der Waals surface area contributed by atoms with Gasteiger partial charge in [0.1, 0.15) is 0 Å². The van der Waals surface area contributed by atoms with Gasteiger partial charge in [0, 0.05) is 42.2 Å². The lowest BCUT2D eigenvalue weighted by Gasteiger charge is -2.07. The van der Waals surface area contributed by atoms with Gasteiger partial charge in [-0.1, -0.05) is 36.1 Å². The van der Waals surface area contributed by atoms with Crippen LogP contribution in [0.25, 0.3) is 0 Å². The largest absolute Gasteiger partial charge is 0.352 e. The molecule has 0 saturated carbocycles. The maximum Gasteiger partial charge on any atom is 0.251 e. The number of benzene rings is 2. The minimum absolute atomic E-state index is 0.0709. The van der Waals surface area contributed by atoms with Crippen LogP contribution in [-0.2, 0) is 6.54 Å². The fraction of sp³-hybridized carbons (Fsp3) is 0.182. The number of carbonyl (C=O) groups excluding carboxylic acids is 1. The predicted molar refractivity (Wildman–Crippen MR) is 103 cm³/mol. The third-order valence-corrected chi connectivity index (χ3v) is 4.05. The van der Waals surface area contributed by atoms with Gasteiger partial charge in [0.15, 0.2) is 0 Å². The SMILES string of the molecule is Cc1ccc(C(=O)NCCCn2ccnc2)cc1C#Cc1ccccc1. The number of nitrogens with zero attached hydrogens (tertiary/aromatic N) is 2. The van der Waals surface area contributed by atoms with Crippen molar-refractivity contribution in [2.75, 3.05) is 6.54 Å². The van der Waals surface area contributed by atoms with E-state index in [-0.39, 0.29) is 5.91 Å². The highest BCUT2D eigenvalue weighted by Crippen LogP contribution is 2.11. The minimum Gasteiger partial charge on any atom is -0.352 e. The van der Waals surface area contributed by atoms with Crippen molar-refractivity contribution in [1.29, 1.82) is 0 Å². The van der Waals surface area contributed by atoms with Crippen molar-refractivity contribution in [3.05, 3.63) is 89.5 Å². The lowest BCUT2D eigenvalue weighted by molar-refractivity contribution is 0.0952. The van der Waals surface area contributed by atoms with Gasteiger partial charge >= 0.3 is 0 Å². The van der Waals surface area contributed by atoms with Gasteiger partial charge < -0.3 is 9.88 Å². The molecule has 0 bridgehead atoms. The van der Waals surface area contributed by atoms with E-state index < -0.39 is 0 Å². The summed E-state index contributed by atoms with van der Waals surface area (Å²) in [5.41, 5.74) is 3.53. The summed E-state index contributed by atoms with van der Waals surface area (Å²) in [6.45, 7) is 3.46. The van der Waals surface area contributed by atoms with Crippen LogP contribution in [0.15, 0.2) is 67.3 Å². The molecule has 1 aromatic heterocycles. The van der Waals surface area contributed by atoms with E-state index in [9.17, 15) is 4.79 Å². The second-order valence-corrected chi connectivity index (χ2v) is 6.06. The number of nitrogens with one attached hydrogen (secondary N) is 1. The van der Waals surface area contributed by atoms with E-state index >= 15 is 0 Å². The normalized spacial score (nSPS) is 10.0. The van der Waals surface area contributed by atoms with E-state index in [2.05, 4.69) is 22.1 Å². The van der Waals surface area contributed by atoms with Crippen LogP contribution in [0.3, 0.4) is 0 Å². The van der Waals surface area contributed by atoms with Crippen LogP contribution in [0.5, 0.6) is 0 Å². The summed E-state index contributed by atoms with van der Waals surface area (Å²) in [5, 5.41) is 2.96. The second kappa shape index (κ2) is 8.68. The Kier molecular flexibility index (Phi) is 5.84. The summed E-state index contributed by atoms with van der Waals surface area (Å²) in [7, 11) is 0. The summed E-state index contributed by atoms with van der Waals surface area (Å²) in [6.07, 6.45) is 6.30. The highest BCUT2D eigenvalue weighted by atomic mass is 16.1. The molecule has 130 valence electrons. The van der Waals surface area contributed by atoms with Gasteiger partial charge in [-0.05, 0) is 43.2 Å². The van der Waals surface area contributed by atoms with E-state index in [4.69, 9.17) is 0 Å². The molecule has 4 nitrogen and oxygen atoms in total. The first-order chi connectivity index (χ1) is 12.7. The average molecular weight is 343 g/mol. The van der Waals surface area contributed by atoms with Crippen molar-refractivity contribution >= 4 is 5.91 Å². The van der Waals surface area contributed by atoms with Crippen LogP contribution in [0.1, 0.15) is 33.5 Å². The minimum atomic E-state index is -0.0709. The van der Waals surface area contributed by atoms with E-state index in [1.807, 2.05) is 66.2 Å². The van der Waals surface area contributed by atoms with Gasteiger partial charge in [-0.3, -0.25) is 4.79 Å². The lowest BCUT2D eigenvalue weighted by atomic mass is 10.0. The molecule has 0 aliphatic rings. The van der Waals surface area contributed by atoms with E-state index in [1.165, 1.54) is 0 Å². The Morgan fingerprint density at radius 2 is 2.00 bits per heavy atom. The van der Waals surface area contributed by atoms with Gasteiger partial charge in [-0.2, -0.15) is 0 Å².